The maximum absolute atomic E-state index is 4.36. The number of nitrogens with zero attached hydrogens (tertiary/aromatic N) is 2. The second-order valence-corrected chi connectivity index (χ2v) is 5.18. The van der Waals surface area contributed by atoms with E-state index in [1.807, 2.05) is 6.20 Å². The molecule has 2 rings (SSSR count). The quantitative estimate of drug-likeness (QED) is 0.764. The standard InChI is InChI=1S/C15H25N3/c1-3-8-16-15-11-13(7-9-17-15)12-18(10-4-2)14-5-6-14/h7,9,11,14H,3-6,8,10,12H2,1-2H3,(H,16,17). The predicted molar refractivity (Wildman–Crippen MR) is 76.7 cm³/mol. The molecule has 1 fully saturated rings. The van der Waals surface area contributed by atoms with Gasteiger partial charge in [-0.2, -0.15) is 0 Å². The summed E-state index contributed by atoms with van der Waals surface area (Å²) in [7, 11) is 0. The minimum absolute atomic E-state index is 0.838. The van der Waals surface area contributed by atoms with Crippen LogP contribution >= 0.6 is 0 Å². The van der Waals surface area contributed by atoms with Gasteiger partial charge in [0.1, 0.15) is 5.82 Å². The normalized spacial score (nSPS) is 15.1. The maximum atomic E-state index is 4.36. The fourth-order valence-corrected chi connectivity index (χ4v) is 2.27. The van der Waals surface area contributed by atoms with Crippen LogP contribution in [0.25, 0.3) is 0 Å². The number of hydrogen-bond acceptors (Lipinski definition) is 3. The van der Waals surface area contributed by atoms with Gasteiger partial charge < -0.3 is 5.32 Å². The molecule has 0 amide bonds. The molecule has 0 atom stereocenters. The third-order valence-corrected chi connectivity index (χ3v) is 3.34. The smallest absolute Gasteiger partial charge is 0.126 e. The Bertz CT molecular complexity index is 361. The molecule has 0 unspecified atom stereocenters. The molecule has 3 heteroatoms. The summed E-state index contributed by atoms with van der Waals surface area (Å²) in [5.41, 5.74) is 1.38. The Labute approximate surface area is 111 Å². The number of nitrogens with one attached hydrogen (secondary N) is 1. The van der Waals surface area contributed by atoms with Gasteiger partial charge in [-0.1, -0.05) is 13.8 Å². The second kappa shape index (κ2) is 6.74. The van der Waals surface area contributed by atoms with Crippen molar-refractivity contribution in [1.29, 1.82) is 0 Å². The summed E-state index contributed by atoms with van der Waals surface area (Å²) >= 11 is 0. The fourth-order valence-electron chi connectivity index (χ4n) is 2.27. The maximum Gasteiger partial charge on any atom is 0.126 e. The minimum atomic E-state index is 0.838. The molecular weight excluding hydrogens is 222 g/mol. The molecule has 1 aliphatic rings. The lowest BCUT2D eigenvalue weighted by atomic mass is 10.2. The first-order chi connectivity index (χ1) is 8.83. The Morgan fingerprint density at radius 2 is 2.17 bits per heavy atom. The molecule has 0 aromatic carbocycles. The van der Waals surface area contributed by atoms with Crippen LogP contribution in [0.3, 0.4) is 0 Å². The van der Waals surface area contributed by atoms with Crippen molar-refractivity contribution in [1.82, 2.24) is 9.88 Å². The number of pyridine rings is 1. The summed E-state index contributed by atoms with van der Waals surface area (Å²) in [6.45, 7) is 7.72. The summed E-state index contributed by atoms with van der Waals surface area (Å²) < 4.78 is 0. The van der Waals surface area contributed by atoms with E-state index < -0.39 is 0 Å². The van der Waals surface area contributed by atoms with Crippen molar-refractivity contribution < 1.29 is 0 Å². The van der Waals surface area contributed by atoms with E-state index in [1.54, 1.807) is 0 Å². The lowest BCUT2D eigenvalue weighted by Crippen LogP contribution is -2.26. The van der Waals surface area contributed by atoms with Gasteiger partial charge in [0.05, 0.1) is 0 Å². The molecule has 3 nitrogen and oxygen atoms in total. The highest BCUT2D eigenvalue weighted by Crippen LogP contribution is 2.28. The van der Waals surface area contributed by atoms with E-state index >= 15 is 0 Å². The highest BCUT2D eigenvalue weighted by molar-refractivity contribution is 5.37. The molecule has 1 heterocycles. The van der Waals surface area contributed by atoms with Crippen molar-refractivity contribution in [3.8, 4) is 0 Å². The molecule has 1 saturated carbocycles. The van der Waals surface area contributed by atoms with Crippen LogP contribution in [-0.4, -0.2) is 29.0 Å². The molecule has 0 saturated heterocycles. The Balaban J connectivity index is 1.94. The SMILES string of the molecule is CCCNc1cc(CN(CCC)C2CC2)ccn1. The number of rotatable bonds is 8. The van der Waals surface area contributed by atoms with Gasteiger partial charge in [0, 0.05) is 25.3 Å². The number of anilines is 1. The molecule has 1 aromatic heterocycles. The van der Waals surface area contributed by atoms with E-state index in [0.29, 0.717) is 0 Å². The van der Waals surface area contributed by atoms with Gasteiger partial charge in [-0.15, -0.1) is 0 Å². The Morgan fingerprint density at radius 3 is 2.83 bits per heavy atom. The van der Waals surface area contributed by atoms with Gasteiger partial charge in [-0.25, -0.2) is 4.98 Å². The zero-order chi connectivity index (χ0) is 12.8. The minimum Gasteiger partial charge on any atom is -0.370 e. The summed E-state index contributed by atoms with van der Waals surface area (Å²) in [4.78, 5) is 6.97. The van der Waals surface area contributed by atoms with Crippen LogP contribution in [0.5, 0.6) is 0 Å². The molecule has 0 bridgehead atoms. The summed E-state index contributed by atoms with van der Waals surface area (Å²) in [6.07, 6.45) is 7.06. The average molecular weight is 247 g/mol. The zero-order valence-electron chi connectivity index (χ0n) is 11.7. The van der Waals surface area contributed by atoms with Gasteiger partial charge >= 0.3 is 0 Å². The largest absolute Gasteiger partial charge is 0.370 e. The van der Waals surface area contributed by atoms with Crippen LogP contribution in [0, 0.1) is 0 Å². The van der Waals surface area contributed by atoms with Crippen molar-refractivity contribution in [2.45, 2.75) is 52.1 Å². The Morgan fingerprint density at radius 1 is 1.33 bits per heavy atom. The van der Waals surface area contributed by atoms with E-state index in [9.17, 15) is 0 Å². The fraction of sp³-hybridized carbons (Fsp3) is 0.667. The van der Waals surface area contributed by atoms with Gasteiger partial charge in [-0.05, 0) is 49.9 Å². The molecule has 0 radical (unpaired) electrons. The third kappa shape index (κ3) is 3.98. The summed E-state index contributed by atoms with van der Waals surface area (Å²) in [5, 5.41) is 3.36. The lowest BCUT2D eigenvalue weighted by molar-refractivity contribution is 0.255. The monoisotopic (exact) mass is 247 g/mol. The van der Waals surface area contributed by atoms with Crippen molar-refractivity contribution in [3.05, 3.63) is 23.9 Å². The Hall–Kier alpha value is -1.09. The van der Waals surface area contributed by atoms with Gasteiger partial charge in [0.2, 0.25) is 0 Å². The first-order valence-corrected chi connectivity index (χ1v) is 7.26. The van der Waals surface area contributed by atoms with E-state index in [-0.39, 0.29) is 0 Å². The number of aromatic nitrogens is 1. The first kappa shape index (κ1) is 13.3. The topological polar surface area (TPSA) is 28.2 Å². The van der Waals surface area contributed by atoms with E-state index in [1.165, 1.54) is 31.4 Å². The van der Waals surface area contributed by atoms with Gasteiger partial charge in [0.15, 0.2) is 0 Å². The summed E-state index contributed by atoms with van der Waals surface area (Å²) in [5.74, 6) is 1.02. The molecule has 0 aliphatic heterocycles. The van der Waals surface area contributed by atoms with Gasteiger partial charge in [-0.3, -0.25) is 4.90 Å². The average Bonchev–Trinajstić information content (AvgIpc) is 3.21. The highest BCUT2D eigenvalue weighted by atomic mass is 15.2. The third-order valence-electron chi connectivity index (χ3n) is 3.34. The van der Waals surface area contributed by atoms with Crippen molar-refractivity contribution >= 4 is 5.82 Å². The van der Waals surface area contributed by atoms with Crippen molar-refractivity contribution in [3.63, 3.8) is 0 Å². The van der Waals surface area contributed by atoms with Crippen LogP contribution in [0.15, 0.2) is 18.3 Å². The molecule has 18 heavy (non-hydrogen) atoms. The number of hydrogen-bond donors (Lipinski definition) is 1. The molecular formula is C15H25N3. The predicted octanol–water partition coefficient (Wildman–Crippen LogP) is 3.28. The van der Waals surface area contributed by atoms with Crippen molar-refractivity contribution in [2.24, 2.45) is 0 Å². The molecule has 100 valence electrons. The highest BCUT2D eigenvalue weighted by Gasteiger charge is 2.28. The second-order valence-electron chi connectivity index (χ2n) is 5.18. The van der Waals surface area contributed by atoms with Crippen LogP contribution in [-0.2, 0) is 6.54 Å². The van der Waals surface area contributed by atoms with Crippen LogP contribution < -0.4 is 5.32 Å². The van der Waals surface area contributed by atoms with E-state index in [0.717, 1.165) is 31.4 Å². The van der Waals surface area contributed by atoms with Crippen LogP contribution in [0.4, 0.5) is 5.82 Å². The Kier molecular flexibility index (Phi) is 5.00. The van der Waals surface area contributed by atoms with E-state index in [2.05, 4.69) is 41.2 Å². The van der Waals surface area contributed by atoms with Gasteiger partial charge in [0.25, 0.3) is 0 Å². The zero-order valence-corrected chi connectivity index (χ0v) is 11.7. The van der Waals surface area contributed by atoms with Crippen molar-refractivity contribution in [2.75, 3.05) is 18.4 Å². The lowest BCUT2D eigenvalue weighted by Gasteiger charge is -2.21. The van der Waals surface area contributed by atoms with Crippen LogP contribution in [0.2, 0.25) is 0 Å². The summed E-state index contributed by atoms with van der Waals surface area (Å²) in [6, 6.07) is 5.17. The molecule has 1 aromatic rings. The van der Waals surface area contributed by atoms with E-state index in [4.69, 9.17) is 0 Å². The molecule has 1 N–H and O–H groups in total. The molecule has 1 aliphatic carbocycles. The first-order valence-electron chi connectivity index (χ1n) is 7.26. The molecule has 0 spiro atoms. The van der Waals surface area contributed by atoms with Crippen LogP contribution in [0.1, 0.15) is 45.1 Å².